The monoisotopic (exact) mass is 242 g/mol. The summed E-state index contributed by atoms with van der Waals surface area (Å²) in [4.78, 5) is 5.35. The number of thiazole rings is 1. The van der Waals surface area contributed by atoms with Crippen molar-refractivity contribution in [1.29, 1.82) is 0 Å². The SMILES string of the molecule is CC(C)CCOCCNC(C)c1cncs1. The fraction of sp³-hybridized carbons (Fsp3) is 0.750. The Morgan fingerprint density at radius 3 is 2.81 bits per heavy atom. The molecule has 0 aliphatic carbocycles. The van der Waals surface area contributed by atoms with Crippen molar-refractivity contribution in [3.8, 4) is 0 Å². The van der Waals surface area contributed by atoms with E-state index in [0.29, 0.717) is 6.04 Å². The van der Waals surface area contributed by atoms with Crippen LogP contribution in [-0.2, 0) is 4.74 Å². The van der Waals surface area contributed by atoms with E-state index in [4.69, 9.17) is 4.74 Å². The van der Waals surface area contributed by atoms with Crippen molar-refractivity contribution in [1.82, 2.24) is 10.3 Å². The lowest BCUT2D eigenvalue weighted by molar-refractivity contribution is 0.124. The molecule has 1 aromatic heterocycles. The molecular formula is C12H22N2OS. The second-order valence-electron chi connectivity index (χ2n) is 4.37. The minimum absolute atomic E-state index is 0.376. The second-order valence-corrected chi connectivity index (χ2v) is 5.29. The number of hydrogen-bond donors (Lipinski definition) is 1. The first-order valence-electron chi connectivity index (χ1n) is 5.89. The summed E-state index contributed by atoms with van der Waals surface area (Å²) in [6, 6.07) is 0.376. The first-order valence-corrected chi connectivity index (χ1v) is 6.77. The molecule has 0 radical (unpaired) electrons. The second kappa shape index (κ2) is 7.76. The molecule has 0 bridgehead atoms. The largest absolute Gasteiger partial charge is 0.380 e. The van der Waals surface area contributed by atoms with Crippen molar-refractivity contribution >= 4 is 11.3 Å². The number of ether oxygens (including phenoxy) is 1. The predicted octanol–water partition coefficient (Wildman–Crippen LogP) is 2.86. The molecule has 0 saturated carbocycles. The number of nitrogens with one attached hydrogen (secondary N) is 1. The van der Waals surface area contributed by atoms with Gasteiger partial charge >= 0.3 is 0 Å². The Morgan fingerprint density at radius 2 is 2.19 bits per heavy atom. The molecular weight excluding hydrogens is 220 g/mol. The highest BCUT2D eigenvalue weighted by Gasteiger charge is 2.05. The van der Waals surface area contributed by atoms with E-state index in [2.05, 4.69) is 31.1 Å². The van der Waals surface area contributed by atoms with Crippen LogP contribution in [0.25, 0.3) is 0 Å². The summed E-state index contributed by atoms with van der Waals surface area (Å²) >= 11 is 1.69. The third-order valence-electron chi connectivity index (χ3n) is 2.41. The van der Waals surface area contributed by atoms with E-state index in [-0.39, 0.29) is 0 Å². The van der Waals surface area contributed by atoms with Crippen LogP contribution in [0.4, 0.5) is 0 Å². The Kier molecular flexibility index (Phi) is 6.61. The molecule has 0 aliphatic heterocycles. The molecule has 0 amide bonds. The van der Waals surface area contributed by atoms with Gasteiger partial charge in [-0.2, -0.15) is 0 Å². The average Bonchev–Trinajstić information content (AvgIpc) is 2.75. The van der Waals surface area contributed by atoms with E-state index in [1.54, 1.807) is 11.3 Å². The van der Waals surface area contributed by atoms with Crippen LogP contribution in [0.5, 0.6) is 0 Å². The van der Waals surface area contributed by atoms with Gasteiger partial charge in [0.05, 0.1) is 12.1 Å². The Morgan fingerprint density at radius 1 is 1.38 bits per heavy atom. The van der Waals surface area contributed by atoms with Gasteiger partial charge in [0.15, 0.2) is 0 Å². The van der Waals surface area contributed by atoms with Gasteiger partial charge in [-0.25, -0.2) is 0 Å². The molecule has 0 fully saturated rings. The maximum atomic E-state index is 5.54. The van der Waals surface area contributed by atoms with Crippen LogP contribution in [0.2, 0.25) is 0 Å². The van der Waals surface area contributed by atoms with Crippen LogP contribution in [0.1, 0.15) is 38.1 Å². The molecule has 16 heavy (non-hydrogen) atoms. The quantitative estimate of drug-likeness (QED) is 0.712. The maximum Gasteiger partial charge on any atom is 0.0794 e. The van der Waals surface area contributed by atoms with Crippen LogP contribution in [0.3, 0.4) is 0 Å². The van der Waals surface area contributed by atoms with Gasteiger partial charge in [-0.3, -0.25) is 4.98 Å². The van der Waals surface area contributed by atoms with Crippen molar-refractivity contribution in [3.05, 3.63) is 16.6 Å². The summed E-state index contributed by atoms with van der Waals surface area (Å²) in [5, 5.41) is 3.42. The molecule has 1 heterocycles. The molecule has 0 aliphatic rings. The molecule has 4 heteroatoms. The molecule has 1 rings (SSSR count). The molecule has 1 unspecified atom stereocenters. The minimum Gasteiger partial charge on any atom is -0.380 e. The van der Waals surface area contributed by atoms with Gasteiger partial charge in [0.2, 0.25) is 0 Å². The third-order valence-corrected chi connectivity index (χ3v) is 3.37. The van der Waals surface area contributed by atoms with Gasteiger partial charge in [0, 0.05) is 30.3 Å². The van der Waals surface area contributed by atoms with Gasteiger partial charge in [-0.1, -0.05) is 13.8 Å². The molecule has 0 saturated heterocycles. The summed E-state index contributed by atoms with van der Waals surface area (Å²) in [6.07, 6.45) is 3.06. The van der Waals surface area contributed by atoms with Gasteiger partial charge < -0.3 is 10.1 Å². The zero-order valence-corrected chi connectivity index (χ0v) is 11.2. The molecule has 1 N–H and O–H groups in total. The minimum atomic E-state index is 0.376. The summed E-state index contributed by atoms with van der Waals surface area (Å²) in [6.45, 7) is 9.14. The van der Waals surface area contributed by atoms with Crippen molar-refractivity contribution < 1.29 is 4.74 Å². The predicted molar refractivity (Wildman–Crippen MR) is 68.8 cm³/mol. The van der Waals surface area contributed by atoms with Crippen LogP contribution in [-0.4, -0.2) is 24.7 Å². The van der Waals surface area contributed by atoms with Gasteiger partial charge in [-0.15, -0.1) is 11.3 Å². The van der Waals surface area contributed by atoms with Crippen LogP contribution in [0.15, 0.2) is 11.7 Å². The van der Waals surface area contributed by atoms with E-state index in [0.717, 1.165) is 32.1 Å². The van der Waals surface area contributed by atoms with Crippen molar-refractivity contribution in [3.63, 3.8) is 0 Å². The van der Waals surface area contributed by atoms with Gasteiger partial charge in [-0.05, 0) is 19.3 Å². The zero-order valence-electron chi connectivity index (χ0n) is 10.4. The highest BCUT2D eigenvalue weighted by molar-refractivity contribution is 7.09. The lowest BCUT2D eigenvalue weighted by Gasteiger charge is -2.12. The first kappa shape index (κ1) is 13.6. The van der Waals surface area contributed by atoms with Crippen molar-refractivity contribution in [2.75, 3.05) is 19.8 Å². The topological polar surface area (TPSA) is 34.1 Å². The highest BCUT2D eigenvalue weighted by Crippen LogP contribution is 2.15. The van der Waals surface area contributed by atoms with E-state index in [1.807, 2.05) is 11.7 Å². The Hall–Kier alpha value is -0.450. The van der Waals surface area contributed by atoms with Gasteiger partial charge in [0.1, 0.15) is 0 Å². The maximum absolute atomic E-state index is 5.54. The summed E-state index contributed by atoms with van der Waals surface area (Å²) in [5.41, 5.74) is 1.87. The lowest BCUT2D eigenvalue weighted by Crippen LogP contribution is -2.23. The number of nitrogens with zero attached hydrogens (tertiary/aromatic N) is 1. The summed E-state index contributed by atoms with van der Waals surface area (Å²) in [7, 11) is 0. The first-order chi connectivity index (χ1) is 7.70. The molecule has 92 valence electrons. The smallest absolute Gasteiger partial charge is 0.0794 e. The molecule has 0 aromatic carbocycles. The van der Waals surface area contributed by atoms with E-state index in [9.17, 15) is 0 Å². The van der Waals surface area contributed by atoms with Gasteiger partial charge in [0.25, 0.3) is 0 Å². The Balaban J connectivity index is 1.99. The van der Waals surface area contributed by atoms with Crippen molar-refractivity contribution in [2.24, 2.45) is 5.92 Å². The molecule has 1 aromatic rings. The van der Waals surface area contributed by atoms with Crippen LogP contribution < -0.4 is 5.32 Å². The molecule has 3 nitrogen and oxygen atoms in total. The number of hydrogen-bond acceptors (Lipinski definition) is 4. The van der Waals surface area contributed by atoms with E-state index in [1.165, 1.54) is 4.88 Å². The highest BCUT2D eigenvalue weighted by atomic mass is 32.1. The standard InChI is InChI=1S/C12H22N2OS/c1-10(2)4-6-15-7-5-14-11(3)12-8-13-9-16-12/h8-11,14H,4-7H2,1-3H3. The summed E-state index contributed by atoms with van der Waals surface area (Å²) in [5.74, 6) is 0.726. The van der Waals surface area contributed by atoms with Crippen LogP contribution in [0, 0.1) is 5.92 Å². The molecule has 0 spiro atoms. The van der Waals surface area contributed by atoms with E-state index >= 15 is 0 Å². The van der Waals surface area contributed by atoms with Crippen molar-refractivity contribution in [2.45, 2.75) is 33.2 Å². The normalized spacial score (nSPS) is 13.2. The fourth-order valence-electron chi connectivity index (χ4n) is 1.31. The zero-order chi connectivity index (χ0) is 11.8. The lowest BCUT2D eigenvalue weighted by atomic mass is 10.1. The van der Waals surface area contributed by atoms with E-state index < -0.39 is 0 Å². The Labute approximate surface area is 102 Å². The van der Waals surface area contributed by atoms with Crippen LogP contribution >= 0.6 is 11.3 Å². The fourth-order valence-corrected chi connectivity index (χ4v) is 1.96. The third kappa shape index (κ3) is 5.58. The number of aromatic nitrogens is 1. The number of rotatable bonds is 8. The molecule has 1 atom stereocenters. The summed E-state index contributed by atoms with van der Waals surface area (Å²) < 4.78 is 5.54. The Bertz CT molecular complexity index is 262. The average molecular weight is 242 g/mol.